The molecule has 0 amide bonds. The molecular weight excluding hydrogens is 220 g/mol. The van der Waals surface area contributed by atoms with Crippen molar-refractivity contribution in [2.24, 2.45) is 0 Å². The molecule has 0 saturated heterocycles. The van der Waals surface area contributed by atoms with E-state index in [1.165, 1.54) is 6.42 Å². The largest absolute Gasteiger partial charge is 0.389 e. The molecule has 1 aromatic rings. The van der Waals surface area contributed by atoms with Crippen LogP contribution in [-0.2, 0) is 10.8 Å². The van der Waals surface area contributed by atoms with Gasteiger partial charge in [-0.05, 0) is 25.0 Å². The second-order valence-electron chi connectivity index (χ2n) is 4.59. The summed E-state index contributed by atoms with van der Waals surface area (Å²) >= 11 is 0. The van der Waals surface area contributed by atoms with E-state index in [1.807, 2.05) is 30.3 Å². The number of hydrogen-bond acceptors (Lipinski definition) is 2. The van der Waals surface area contributed by atoms with E-state index >= 15 is 0 Å². The van der Waals surface area contributed by atoms with Crippen molar-refractivity contribution in [2.45, 2.75) is 42.6 Å². The molecule has 0 bridgehead atoms. The van der Waals surface area contributed by atoms with Crippen LogP contribution in [0.1, 0.15) is 32.1 Å². The number of hydrogen-bond donors (Lipinski definition) is 1. The lowest BCUT2D eigenvalue weighted by molar-refractivity contribution is 0.0265. The van der Waals surface area contributed by atoms with E-state index < -0.39 is 16.4 Å². The van der Waals surface area contributed by atoms with Crippen LogP contribution in [0.25, 0.3) is 0 Å². The molecule has 1 atom stereocenters. The molecule has 0 heterocycles. The maximum Gasteiger partial charge on any atom is 0.0766 e. The van der Waals surface area contributed by atoms with E-state index in [0.29, 0.717) is 5.75 Å². The van der Waals surface area contributed by atoms with Crippen molar-refractivity contribution in [1.29, 1.82) is 0 Å². The van der Waals surface area contributed by atoms with Gasteiger partial charge < -0.3 is 5.11 Å². The van der Waals surface area contributed by atoms with Crippen LogP contribution in [0.3, 0.4) is 0 Å². The average Bonchev–Trinajstić information content (AvgIpc) is 2.30. The minimum atomic E-state index is -1.07. The predicted octanol–water partition coefficient (Wildman–Crippen LogP) is 2.49. The van der Waals surface area contributed by atoms with E-state index in [4.69, 9.17) is 0 Å². The van der Waals surface area contributed by atoms with Crippen molar-refractivity contribution in [3.63, 3.8) is 0 Å². The first-order valence-electron chi connectivity index (χ1n) is 5.85. The van der Waals surface area contributed by atoms with Crippen LogP contribution in [0.2, 0.25) is 0 Å². The van der Waals surface area contributed by atoms with Crippen LogP contribution < -0.4 is 0 Å². The fourth-order valence-electron chi connectivity index (χ4n) is 2.25. The van der Waals surface area contributed by atoms with E-state index in [-0.39, 0.29) is 0 Å². The number of benzene rings is 1. The van der Waals surface area contributed by atoms with Crippen molar-refractivity contribution in [3.8, 4) is 0 Å². The summed E-state index contributed by atoms with van der Waals surface area (Å²) in [5.74, 6) is 0.386. The van der Waals surface area contributed by atoms with Crippen LogP contribution in [0.4, 0.5) is 0 Å². The molecule has 0 spiro atoms. The normalized spacial score (nSPS) is 21.6. The molecule has 0 radical (unpaired) electrons. The van der Waals surface area contributed by atoms with E-state index in [0.717, 1.165) is 30.6 Å². The molecule has 1 aromatic carbocycles. The highest BCUT2D eigenvalue weighted by Gasteiger charge is 2.31. The molecular formula is C13H18O2S. The second kappa shape index (κ2) is 5.11. The molecule has 16 heavy (non-hydrogen) atoms. The van der Waals surface area contributed by atoms with Crippen LogP contribution in [0, 0.1) is 0 Å². The Balaban J connectivity index is 2.01. The van der Waals surface area contributed by atoms with Gasteiger partial charge in [-0.2, -0.15) is 0 Å². The number of aliphatic hydroxyl groups is 1. The minimum absolute atomic E-state index is 0.386. The van der Waals surface area contributed by atoms with Crippen LogP contribution >= 0.6 is 0 Å². The van der Waals surface area contributed by atoms with Crippen molar-refractivity contribution in [1.82, 2.24) is 0 Å². The van der Waals surface area contributed by atoms with Gasteiger partial charge in [-0.1, -0.05) is 37.5 Å². The Morgan fingerprint density at radius 2 is 1.75 bits per heavy atom. The zero-order chi connectivity index (χ0) is 11.4. The molecule has 2 rings (SSSR count). The van der Waals surface area contributed by atoms with E-state index in [2.05, 4.69) is 0 Å². The molecule has 1 saturated carbocycles. The molecule has 88 valence electrons. The average molecular weight is 238 g/mol. The summed E-state index contributed by atoms with van der Waals surface area (Å²) in [7, 11) is -1.07. The quantitative estimate of drug-likeness (QED) is 0.878. The highest BCUT2D eigenvalue weighted by atomic mass is 32.2. The van der Waals surface area contributed by atoms with Crippen molar-refractivity contribution in [3.05, 3.63) is 30.3 Å². The minimum Gasteiger partial charge on any atom is -0.389 e. The van der Waals surface area contributed by atoms with Crippen LogP contribution in [0.5, 0.6) is 0 Å². The first-order chi connectivity index (χ1) is 7.70. The van der Waals surface area contributed by atoms with Gasteiger partial charge in [0.25, 0.3) is 0 Å². The molecule has 1 aliphatic rings. The molecule has 3 heteroatoms. The Hall–Kier alpha value is -0.670. The summed E-state index contributed by atoms with van der Waals surface area (Å²) in [5.41, 5.74) is -0.695. The lowest BCUT2D eigenvalue weighted by Crippen LogP contribution is -2.37. The summed E-state index contributed by atoms with van der Waals surface area (Å²) in [5, 5.41) is 10.3. The third kappa shape index (κ3) is 2.92. The molecule has 0 unspecified atom stereocenters. The van der Waals surface area contributed by atoms with Gasteiger partial charge in [0.05, 0.1) is 22.2 Å². The van der Waals surface area contributed by atoms with Crippen LogP contribution in [-0.4, -0.2) is 20.7 Å². The van der Waals surface area contributed by atoms with Crippen LogP contribution in [0.15, 0.2) is 35.2 Å². The maximum absolute atomic E-state index is 12.1. The topological polar surface area (TPSA) is 37.3 Å². The smallest absolute Gasteiger partial charge is 0.0766 e. The highest BCUT2D eigenvalue weighted by Crippen LogP contribution is 2.29. The fraction of sp³-hybridized carbons (Fsp3) is 0.538. The predicted molar refractivity (Wildman–Crippen MR) is 65.8 cm³/mol. The second-order valence-corrected chi connectivity index (χ2v) is 6.04. The zero-order valence-electron chi connectivity index (χ0n) is 9.39. The van der Waals surface area contributed by atoms with Crippen molar-refractivity contribution in [2.75, 3.05) is 5.75 Å². The summed E-state index contributed by atoms with van der Waals surface area (Å²) in [4.78, 5) is 0.821. The Morgan fingerprint density at radius 1 is 1.12 bits per heavy atom. The molecule has 1 N–H and O–H groups in total. The van der Waals surface area contributed by atoms with Crippen molar-refractivity contribution < 1.29 is 9.32 Å². The molecule has 2 nitrogen and oxygen atoms in total. The Kier molecular flexibility index (Phi) is 3.77. The summed E-state index contributed by atoms with van der Waals surface area (Å²) in [6.45, 7) is 0. The lowest BCUT2D eigenvalue weighted by Gasteiger charge is -2.31. The summed E-state index contributed by atoms with van der Waals surface area (Å²) in [6, 6.07) is 9.41. The highest BCUT2D eigenvalue weighted by molar-refractivity contribution is 7.85. The lowest BCUT2D eigenvalue weighted by atomic mass is 9.86. The SMILES string of the molecule is O=[S@@](CC1(O)CCCCC1)c1ccccc1. The maximum atomic E-state index is 12.1. The van der Waals surface area contributed by atoms with E-state index in [1.54, 1.807) is 0 Å². The molecule has 1 aliphatic carbocycles. The van der Waals surface area contributed by atoms with Gasteiger partial charge >= 0.3 is 0 Å². The molecule has 0 aromatic heterocycles. The summed E-state index contributed by atoms with van der Waals surface area (Å²) < 4.78 is 12.1. The third-order valence-electron chi connectivity index (χ3n) is 3.19. The fourth-order valence-corrected chi connectivity index (χ4v) is 3.66. The van der Waals surface area contributed by atoms with Crippen molar-refractivity contribution >= 4 is 10.8 Å². The third-order valence-corrected chi connectivity index (χ3v) is 4.79. The first kappa shape index (κ1) is 11.8. The zero-order valence-corrected chi connectivity index (χ0v) is 10.2. The van der Waals surface area contributed by atoms with Gasteiger partial charge in [0.2, 0.25) is 0 Å². The van der Waals surface area contributed by atoms with Gasteiger partial charge in [-0.3, -0.25) is 4.21 Å². The van der Waals surface area contributed by atoms with Gasteiger partial charge in [-0.15, -0.1) is 0 Å². The van der Waals surface area contributed by atoms with Gasteiger partial charge in [0.1, 0.15) is 0 Å². The van der Waals surface area contributed by atoms with Gasteiger partial charge in [0, 0.05) is 4.90 Å². The standard InChI is InChI=1S/C13H18O2S/c14-13(9-5-2-6-10-13)11-16(15)12-7-3-1-4-8-12/h1,3-4,7-8,14H,2,5-6,9-11H2/t16-/m0/s1. The van der Waals surface area contributed by atoms with Gasteiger partial charge in [-0.25, -0.2) is 0 Å². The van der Waals surface area contributed by atoms with Gasteiger partial charge in [0.15, 0.2) is 0 Å². The number of rotatable bonds is 3. The molecule has 0 aliphatic heterocycles. The Labute approximate surface area is 99.1 Å². The summed E-state index contributed by atoms with van der Waals surface area (Å²) in [6.07, 6.45) is 4.91. The first-order valence-corrected chi connectivity index (χ1v) is 7.17. The molecule has 1 fully saturated rings. The Bertz CT molecular complexity index is 355. The van der Waals surface area contributed by atoms with E-state index in [9.17, 15) is 9.32 Å². The Morgan fingerprint density at radius 3 is 2.38 bits per heavy atom. The monoisotopic (exact) mass is 238 g/mol.